The van der Waals surface area contributed by atoms with Crippen molar-refractivity contribution in [2.75, 3.05) is 20.3 Å². The smallest absolute Gasteiger partial charge is 0.0798 e. The normalized spacial score (nSPS) is 21.6. The fraction of sp³-hybridized carbons (Fsp3) is 0.647. The highest BCUT2D eigenvalue weighted by Crippen LogP contribution is 2.36. The molecule has 1 unspecified atom stereocenters. The highest BCUT2D eigenvalue weighted by molar-refractivity contribution is 7.09. The van der Waals surface area contributed by atoms with Crippen LogP contribution in [-0.2, 0) is 24.2 Å². The number of thiazole rings is 1. The first-order chi connectivity index (χ1) is 11.3. The lowest BCUT2D eigenvalue weighted by Gasteiger charge is -2.35. The van der Waals surface area contributed by atoms with Crippen molar-refractivity contribution in [2.45, 2.75) is 45.3 Å². The SMILES string of the molecule is COCC1c2c(cnn2CC2CC2)CCN1Cc1scnc1C. The Bertz CT molecular complexity index is 676. The Balaban J connectivity index is 1.61. The molecule has 4 rings (SSSR count). The summed E-state index contributed by atoms with van der Waals surface area (Å²) in [6.45, 7) is 5.92. The van der Waals surface area contributed by atoms with Gasteiger partial charge in [-0.2, -0.15) is 5.10 Å². The number of aromatic nitrogens is 3. The maximum absolute atomic E-state index is 5.57. The van der Waals surface area contributed by atoms with Crippen molar-refractivity contribution < 1.29 is 4.74 Å². The molecule has 1 aliphatic heterocycles. The Kier molecular flexibility index (Phi) is 4.22. The summed E-state index contributed by atoms with van der Waals surface area (Å²) in [5.74, 6) is 0.835. The first kappa shape index (κ1) is 15.3. The van der Waals surface area contributed by atoms with Crippen molar-refractivity contribution in [3.8, 4) is 0 Å². The minimum atomic E-state index is 0.298. The molecule has 0 N–H and O–H groups in total. The molecule has 2 aliphatic rings. The summed E-state index contributed by atoms with van der Waals surface area (Å²) in [6, 6.07) is 0.298. The Morgan fingerprint density at radius 3 is 2.96 bits per heavy atom. The Morgan fingerprint density at radius 1 is 1.39 bits per heavy atom. The molecule has 2 aromatic rings. The summed E-state index contributed by atoms with van der Waals surface area (Å²) in [4.78, 5) is 8.30. The van der Waals surface area contributed by atoms with E-state index in [-0.39, 0.29) is 0 Å². The zero-order valence-corrected chi connectivity index (χ0v) is 14.7. The standard InChI is InChI=1S/C17H24N4OS/c1-12-16(23-11-18-12)9-20-6-5-14-7-19-21(8-13-3-4-13)17(14)15(20)10-22-2/h7,11,13,15H,3-6,8-10H2,1-2H3. The highest BCUT2D eigenvalue weighted by atomic mass is 32.1. The lowest BCUT2D eigenvalue weighted by Crippen LogP contribution is -2.38. The van der Waals surface area contributed by atoms with Gasteiger partial charge in [-0.25, -0.2) is 4.98 Å². The lowest BCUT2D eigenvalue weighted by molar-refractivity contribution is 0.0730. The summed E-state index contributed by atoms with van der Waals surface area (Å²) < 4.78 is 7.82. The third-order valence-electron chi connectivity index (χ3n) is 5.03. The second-order valence-electron chi connectivity index (χ2n) is 6.73. The van der Waals surface area contributed by atoms with Crippen molar-refractivity contribution >= 4 is 11.3 Å². The van der Waals surface area contributed by atoms with Crippen LogP contribution in [0.15, 0.2) is 11.7 Å². The molecule has 1 aliphatic carbocycles. The minimum absolute atomic E-state index is 0.298. The monoisotopic (exact) mass is 332 g/mol. The molecule has 0 aromatic carbocycles. The molecule has 0 saturated heterocycles. The molecule has 0 radical (unpaired) electrons. The molecule has 1 atom stereocenters. The summed E-state index contributed by atoms with van der Waals surface area (Å²) >= 11 is 1.76. The van der Waals surface area contributed by atoms with Gasteiger partial charge in [0.05, 0.1) is 35.7 Å². The predicted molar refractivity (Wildman–Crippen MR) is 90.5 cm³/mol. The van der Waals surface area contributed by atoms with Crippen LogP contribution in [0.4, 0.5) is 0 Å². The van der Waals surface area contributed by atoms with Crippen molar-refractivity contribution in [2.24, 2.45) is 5.92 Å². The molecule has 0 spiro atoms. The van der Waals surface area contributed by atoms with E-state index in [9.17, 15) is 0 Å². The third-order valence-corrected chi connectivity index (χ3v) is 5.95. The van der Waals surface area contributed by atoms with Crippen LogP contribution in [0.3, 0.4) is 0 Å². The number of ether oxygens (including phenoxy) is 1. The van der Waals surface area contributed by atoms with Gasteiger partial charge in [-0.05, 0) is 37.7 Å². The first-order valence-corrected chi connectivity index (χ1v) is 9.30. The molecule has 1 saturated carbocycles. The number of rotatable bonds is 6. The molecule has 2 aromatic heterocycles. The van der Waals surface area contributed by atoms with Gasteiger partial charge < -0.3 is 4.74 Å². The zero-order chi connectivity index (χ0) is 15.8. The number of nitrogens with zero attached hydrogens (tertiary/aromatic N) is 4. The summed E-state index contributed by atoms with van der Waals surface area (Å²) in [7, 11) is 1.80. The molecule has 1 fully saturated rings. The molecule has 3 heterocycles. The van der Waals surface area contributed by atoms with Crippen molar-refractivity contribution in [3.63, 3.8) is 0 Å². The topological polar surface area (TPSA) is 43.2 Å². The van der Waals surface area contributed by atoms with E-state index in [2.05, 4.69) is 32.8 Å². The molecule has 23 heavy (non-hydrogen) atoms. The van der Waals surface area contributed by atoms with Crippen LogP contribution in [0, 0.1) is 12.8 Å². The van der Waals surface area contributed by atoms with E-state index >= 15 is 0 Å². The van der Waals surface area contributed by atoms with E-state index in [0.717, 1.165) is 44.3 Å². The number of methoxy groups -OCH3 is 1. The van der Waals surface area contributed by atoms with Gasteiger partial charge in [0.2, 0.25) is 0 Å². The molecule has 5 nitrogen and oxygen atoms in total. The fourth-order valence-electron chi connectivity index (χ4n) is 3.49. The third kappa shape index (κ3) is 3.07. The van der Waals surface area contributed by atoms with Crippen LogP contribution >= 0.6 is 11.3 Å². The number of hydrogen-bond acceptors (Lipinski definition) is 5. The summed E-state index contributed by atoms with van der Waals surface area (Å²) in [5.41, 5.74) is 5.89. The number of hydrogen-bond donors (Lipinski definition) is 0. The van der Waals surface area contributed by atoms with Gasteiger partial charge in [0.25, 0.3) is 0 Å². The quantitative estimate of drug-likeness (QED) is 0.816. The van der Waals surface area contributed by atoms with E-state index in [0.29, 0.717) is 6.04 Å². The number of aryl methyl sites for hydroxylation is 1. The van der Waals surface area contributed by atoms with Gasteiger partial charge in [-0.15, -0.1) is 11.3 Å². The minimum Gasteiger partial charge on any atom is -0.383 e. The van der Waals surface area contributed by atoms with Gasteiger partial charge in [0.1, 0.15) is 0 Å². The average molecular weight is 332 g/mol. The van der Waals surface area contributed by atoms with Gasteiger partial charge >= 0.3 is 0 Å². The van der Waals surface area contributed by atoms with Crippen molar-refractivity contribution in [1.82, 2.24) is 19.7 Å². The van der Waals surface area contributed by atoms with Crippen LogP contribution < -0.4 is 0 Å². The fourth-order valence-corrected chi connectivity index (χ4v) is 4.29. The second kappa shape index (κ2) is 6.34. The molecular formula is C17H24N4OS. The molecule has 6 heteroatoms. The second-order valence-corrected chi connectivity index (χ2v) is 7.67. The molecular weight excluding hydrogens is 308 g/mol. The predicted octanol–water partition coefficient (Wildman–Crippen LogP) is 2.80. The zero-order valence-electron chi connectivity index (χ0n) is 13.9. The molecule has 124 valence electrons. The van der Waals surface area contributed by atoms with E-state index in [1.807, 2.05) is 5.51 Å². The Hall–Kier alpha value is -1.24. The van der Waals surface area contributed by atoms with Crippen LogP contribution in [0.1, 0.15) is 40.7 Å². The average Bonchev–Trinajstić information content (AvgIpc) is 3.13. The van der Waals surface area contributed by atoms with Crippen molar-refractivity contribution in [3.05, 3.63) is 33.5 Å². The van der Waals surface area contributed by atoms with Gasteiger partial charge in [0, 0.05) is 31.6 Å². The van der Waals surface area contributed by atoms with Crippen LogP contribution in [-0.4, -0.2) is 39.9 Å². The molecule has 0 bridgehead atoms. The Labute approximate surface area is 141 Å². The maximum Gasteiger partial charge on any atom is 0.0798 e. The largest absolute Gasteiger partial charge is 0.383 e. The van der Waals surface area contributed by atoms with Crippen molar-refractivity contribution in [1.29, 1.82) is 0 Å². The van der Waals surface area contributed by atoms with Crippen LogP contribution in [0.2, 0.25) is 0 Å². The summed E-state index contributed by atoms with van der Waals surface area (Å²) in [5, 5.41) is 4.68. The molecule has 0 amide bonds. The van der Waals surface area contributed by atoms with Gasteiger partial charge in [0.15, 0.2) is 0 Å². The first-order valence-electron chi connectivity index (χ1n) is 8.42. The highest BCUT2D eigenvalue weighted by Gasteiger charge is 2.33. The van der Waals surface area contributed by atoms with E-state index in [1.165, 1.54) is 29.0 Å². The lowest BCUT2D eigenvalue weighted by atomic mass is 10.00. The summed E-state index contributed by atoms with van der Waals surface area (Å²) in [6.07, 6.45) is 5.87. The van der Waals surface area contributed by atoms with E-state index in [4.69, 9.17) is 4.74 Å². The maximum atomic E-state index is 5.57. The van der Waals surface area contributed by atoms with Crippen LogP contribution in [0.25, 0.3) is 0 Å². The van der Waals surface area contributed by atoms with E-state index < -0.39 is 0 Å². The number of fused-ring (bicyclic) bond motifs is 1. The van der Waals surface area contributed by atoms with Gasteiger partial charge in [-0.1, -0.05) is 0 Å². The van der Waals surface area contributed by atoms with Gasteiger partial charge in [-0.3, -0.25) is 9.58 Å². The Morgan fingerprint density at radius 2 is 2.26 bits per heavy atom. The van der Waals surface area contributed by atoms with E-state index in [1.54, 1.807) is 18.4 Å². The van der Waals surface area contributed by atoms with Crippen LogP contribution in [0.5, 0.6) is 0 Å².